The van der Waals surface area contributed by atoms with E-state index in [9.17, 15) is 14.0 Å². The predicted octanol–water partition coefficient (Wildman–Crippen LogP) is 3.65. The highest BCUT2D eigenvalue weighted by atomic mass is 19.1. The molecule has 0 spiro atoms. The van der Waals surface area contributed by atoms with Crippen LogP contribution in [0.25, 0.3) is 0 Å². The number of hydrogen-bond donors (Lipinski definition) is 2. The van der Waals surface area contributed by atoms with Crippen LogP contribution in [0, 0.1) is 5.82 Å². The zero-order chi connectivity index (χ0) is 25.0. The second kappa shape index (κ2) is 9.94. The molecule has 8 nitrogen and oxygen atoms in total. The van der Waals surface area contributed by atoms with Gasteiger partial charge in [0, 0.05) is 44.3 Å². The molecule has 1 aliphatic heterocycles. The van der Waals surface area contributed by atoms with Crippen molar-refractivity contribution in [2.45, 2.75) is 32.8 Å². The first-order valence-corrected chi connectivity index (χ1v) is 10.9. The molecule has 0 radical (unpaired) electrons. The van der Waals surface area contributed by atoms with E-state index >= 15 is 0 Å². The minimum atomic E-state index is -0.697. The SMILES string of the molecule is CCN(C)C(=O)c1ccc(Oc2cc(C(=O)N=C(N)/C=C\NC)cc3c2CC(C)(C)O3)cc1F. The Kier molecular flexibility index (Phi) is 7.24. The lowest BCUT2D eigenvalue weighted by atomic mass is 9.99. The third-order valence-electron chi connectivity index (χ3n) is 5.27. The Morgan fingerprint density at radius 2 is 2.06 bits per heavy atom. The Morgan fingerprint density at radius 1 is 1.32 bits per heavy atom. The van der Waals surface area contributed by atoms with E-state index in [-0.39, 0.29) is 22.7 Å². The lowest BCUT2D eigenvalue weighted by Gasteiger charge is -2.16. The van der Waals surface area contributed by atoms with Crippen molar-refractivity contribution in [3.63, 3.8) is 0 Å². The van der Waals surface area contributed by atoms with Gasteiger partial charge < -0.3 is 25.4 Å². The molecule has 0 atom stereocenters. The fraction of sp³-hybridized carbons (Fsp3) is 0.320. The molecule has 1 aliphatic rings. The molecule has 0 unspecified atom stereocenters. The van der Waals surface area contributed by atoms with Crippen molar-refractivity contribution >= 4 is 17.6 Å². The van der Waals surface area contributed by atoms with Gasteiger partial charge in [0.15, 0.2) is 0 Å². The number of aliphatic imine (C=N–C) groups is 1. The molecule has 9 heteroatoms. The summed E-state index contributed by atoms with van der Waals surface area (Å²) in [5, 5.41) is 2.77. The van der Waals surface area contributed by atoms with Gasteiger partial charge in [-0.2, -0.15) is 4.99 Å². The number of fused-ring (bicyclic) bond motifs is 1. The zero-order valence-corrected chi connectivity index (χ0v) is 19.9. The molecule has 0 aromatic heterocycles. The van der Waals surface area contributed by atoms with Gasteiger partial charge in [-0.3, -0.25) is 9.59 Å². The normalized spacial score (nSPS) is 14.5. The summed E-state index contributed by atoms with van der Waals surface area (Å²) in [7, 11) is 3.30. The van der Waals surface area contributed by atoms with Crippen LogP contribution in [0.2, 0.25) is 0 Å². The molecule has 0 saturated carbocycles. The first-order chi connectivity index (χ1) is 16.0. The molecule has 3 rings (SSSR count). The summed E-state index contributed by atoms with van der Waals surface area (Å²) >= 11 is 0. The number of nitrogens with zero attached hydrogens (tertiary/aromatic N) is 2. The lowest BCUT2D eigenvalue weighted by Crippen LogP contribution is -2.27. The highest BCUT2D eigenvalue weighted by Gasteiger charge is 2.34. The van der Waals surface area contributed by atoms with Gasteiger partial charge in [-0.15, -0.1) is 0 Å². The molecule has 180 valence electrons. The van der Waals surface area contributed by atoms with Gasteiger partial charge in [0.1, 0.15) is 34.5 Å². The Labute approximate surface area is 198 Å². The Morgan fingerprint density at radius 3 is 2.71 bits per heavy atom. The van der Waals surface area contributed by atoms with E-state index in [0.717, 1.165) is 11.6 Å². The standard InChI is InChI=1S/C25H29FN4O4/c1-6-30(5)24(32)17-8-7-16(13-19(17)26)33-20-11-15(23(31)29-22(27)9-10-28-4)12-21-18(20)14-25(2,3)34-21/h7-13,28H,6,14H2,1-5H3,(H2,27,29,31)/b10-9-. The third-order valence-corrected chi connectivity index (χ3v) is 5.27. The number of benzene rings is 2. The van der Waals surface area contributed by atoms with E-state index in [4.69, 9.17) is 15.2 Å². The molecule has 2 amide bonds. The van der Waals surface area contributed by atoms with Crippen LogP contribution in [0.1, 0.15) is 47.1 Å². The molecule has 0 saturated heterocycles. The van der Waals surface area contributed by atoms with Crippen LogP contribution in [0.5, 0.6) is 17.2 Å². The largest absolute Gasteiger partial charge is 0.487 e. The second-order valence-electron chi connectivity index (χ2n) is 8.52. The molecule has 0 bridgehead atoms. The van der Waals surface area contributed by atoms with E-state index in [1.165, 1.54) is 29.2 Å². The summed E-state index contributed by atoms with van der Waals surface area (Å²) in [6, 6.07) is 7.18. The maximum atomic E-state index is 14.7. The van der Waals surface area contributed by atoms with Gasteiger partial charge in [0.25, 0.3) is 11.8 Å². The maximum Gasteiger partial charge on any atom is 0.279 e. The highest BCUT2D eigenvalue weighted by Crippen LogP contribution is 2.43. The summed E-state index contributed by atoms with van der Waals surface area (Å²) in [5.41, 5.74) is 6.18. The fourth-order valence-electron chi connectivity index (χ4n) is 3.46. The Bertz CT molecular complexity index is 1170. The average molecular weight is 469 g/mol. The van der Waals surface area contributed by atoms with Gasteiger partial charge in [-0.05, 0) is 57.3 Å². The van der Waals surface area contributed by atoms with Crippen LogP contribution in [-0.4, -0.2) is 48.8 Å². The number of amides is 2. The van der Waals surface area contributed by atoms with E-state index < -0.39 is 23.2 Å². The topological polar surface area (TPSA) is 106 Å². The van der Waals surface area contributed by atoms with Crippen LogP contribution in [0.3, 0.4) is 0 Å². The van der Waals surface area contributed by atoms with Crippen molar-refractivity contribution in [1.29, 1.82) is 0 Å². The zero-order valence-electron chi connectivity index (χ0n) is 19.9. The van der Waals surface area contributed by atoms with Crippen molar-refractivity contribution < 1.29 is 23.5 Å². The number of carbonyl (C=O) groups excluding carboxylic acids is 2. The number of ether oxygens (including phenoxy) is 2. The Hall–Kier alpha value is -3.88. The predicted molar refractivity (Wildman–Crippen MR) is 128 cm³/mol. The summed E-state index contributed by atoms with van der Waals surface area (Å²) < 4.78 is 26.7. The van der Waals surface area contributed by atoms with Gasteiger partial charge in [0.05, 0.1) is 5.56 Å². The Balaban J connectivity index is 1.97. The van der Waals surface area contributed by atoms with Crippen molar-refractivity contribution in [1.82, 2.24) is 10.2 Å². The summed E-state index contributed by atoms with van der Waals surface area (Å²) in [6.07, 6.45) is 3.54. The van der Waals surface area contributed by atoms with Gasteiger partial charge >= 0.3 is 0 Å². The molecule has 0 fully saturated rings. The molecule has 1 heterocycles. The van der Waals surface area contributed by atoms with E-state index in [2.05, 4.69) is 10.3 Å². The average Bonchev–Trinajstić information content (AvgIpc) is 3.10. The first-order valence-electron chi connectivity index (χ1n) is 10.9. The molecular weight excluding hydrogens is 439 g/mol. The smallest absolute Gasteiger partial charge is 0.279 e. The van der Waals surface area contributed by atoms with Crippen molar-refractivity contribution in [3.05, 3.63) is 65.1 Å². The van der Waals surface area contributed by atoms with E-state index in [1.807, 2.05) is 13.8 Å². The lowest BCUT2D eigenvalue weighted by molar-refractivity contribution is 0.0797. The second-order valence-corrected chi connectivity index (χ2v) is 8.52. The highest BCUT2D eigenvalue weighted by molar-refractivity contribution is 6.06. The summed E-state index contributed by atoms with van der Waals surface area (Å²) in [6.45, 7) is 6.10. The van der Waals surface area contributed by atoms with E-state index in [0.29, 0.717) is 24.5 Å². The van der Waals surface area contributed by atoms with Crippen molar-refractivity contribution in [2.75, 3.05) is 20.6 Å². The molecule has 0 aliphatic carbocycles. The number of carbonyl (C=O) groups is 2. The number of halogens is 1. The van der Waals surface area contributed by atoms with Gasteiger partial charge in [0.2, 0.25) is 0 Å². The van der Waals surface area contributed by atoms with Crippen LogP contribution in [0.4, 0.5) is 4.39 Å². The molecule has 2 aromatic rings. The first kappa shape index (κ1) is 24.8. The monoisotopic (exact) mass is 468 g/mol. The minimum absolute atomic E-state index is 0.0305. The fourth-order valence-corrected chi connectivity index (χ4v) is 3.46. The van der Waals surface area contributed by atoms with Crippen LogP contribution >= 0.6 is 0 Å². The number of nitrogens with one attached hydrogen (secondary N) is 1. The minimum Gasteiger partial charge on any atom is -0.487 e. The van der Waals surface area contributed by atoms with Crippen LogP contribution < -0.4 is 20.5 Å². The number of rotatable bonds is 7. The molecule has 34 heavy (non-hydrogen) atoms. The quantitative estimate of drug-likeness (QED) is 0.475. The summed E-state index contributed by atoms with van der Waals surface area (Å²) in [5.74, 6) is -0.645. The number of hydrogen-bond acceptors (Lipinski definition) is 5. The van der Waals surface area contributed by atoms with E-state index in [1.54, 1.807) is 33.3 Å². The molecule has 3 N–H and O–H groups in total. The molecular formula is C25H29FN4O4. The van der Waals surface area contributed by atoms with Gasteiger partial charge in [-0.1, -0.05) is 0 Å². The molecule has 2 aromatic carbocycles. The van der Waals surface area contributed by atoms with Gasteiger partial charge in [-0.25, -0.2) is 4.39 Å². The van der Waals surface area contributed by atoms with Crippen molar-refractivity contribution in [2.24, 2.45) is 10.7 Å². The number of nitrogens with two attached hydrogens (primary N) is 1. The van der Waals surface area contributed by atoms with Crippen LogP contribution in [-0.2, 0) is 6.42 Å². The third kappa shape index (κ3) is 5.54. The van der Waals surface area contributed by atoms with Crippen LogP contribution in [0.15, 0.2) is 47.6 Å². The van der Waals surface area contributed by atoms with Crippen molar-refractivity contribution in [3.8, 4) is 17.2 Å². The maximum absolute atomic E-state index is 14.7. The number of amidine groups is 1. The summed E-state index contributed by atoms with van der Waals surface area (Å²) in [4.78, 5) is 30.3.